The van der Waals surface area contributed by atoms with Gasteiger partial charge in [-0.05, 0) is 73.2 Å². The van der Waals surface area contributed by atoms with E-state index in [4.69, 9.17) is 14.2 Å². The maximum atomic E-state index is 5.80. The number of nitrogens with one attached hydrogen (secondary N) is 1. The molecule has 0 spiro atoms. The molecule has 8 heteroatoms. The lowest BCUT2D eigenvalue weighted by atomic mass is 10.0. The summed E-state index contributed by atoms with van der Waals surface area (Å²) in [5.41, 5.74) is 8.88. The topological polar surface area (TPSA) is 39.2 Å². The van der Waals surface area contributed by atoms with E-state index in [0.717, 1.165) is 50.9 Å². The average Bonchev–Trinajstić information content (AvgIpc) is 3.74. The highest BCUT2D eigenvalue weighted by molar-refractivity contribution is 8.03. The van der Waals surface area contributed by atoms with Crippen molar-refractivity contribution in [2.45, 2.75) is 25.3 Å². The van der Waals surface area contributed by atoms with E-state index >= 15 is 0 Å². The van der Waals surface area contributed by atoms with Gasteiger partial charge in [0.2, 0.25) is 5.52 Å². The molecule has 1 unspecified atom stereocenters. The van der Waals surface area contributed by atoms with Gasteiger partial charge in [-0.3, -0.25) is 4.90 Å². The number of nitrogens with zero attached hydrogens (tertiary/aromatic N) is 2. The van der Waals surface area contributed by atoms with E-state index in [-0.39, 0.29) is 0 Å². The summed E-state index contributed by atoms with van der Waals surface area (Å²) in [6, 6.07) is 21.6. The van der Waals surface area contributed by atoms with Crippen LogP contribution >= 0.6 is 23.1 Å². The molecule has 2 aliphatic heterocycles. The minimum atomic E-state index is 0.736. The summed E-state index contributed by atoms with van der Waals surface area (Å²) in [4.78, 5) is 5.18. The number of thiazole rings is 1. The Morgan fingerprint density at radius 2 is 1.67 bits per heavy atom. The first-order valence-electron chi connectivity index (χ1n) is 15.6. The van der Waals surface area contributed by atoms with Gasteiger partial charge in [0.1, 0.15) is 22.7 Å². The second kappa shape index (κ2) is 12.9. The first-order valence-corrected chi connectivity index (χ1v) is 17.3. The number of aryl methyl sites for hydroxylation is 1. The molecule has 3 aromatic carbocycles. The zero-order chi connectivity index (χ0) is 30.9. The molecule has 230 valence electrons. The quantitative estimate of drug-likeness (QED) is 0.222. The molecule has 6 nitrogen and oxygen atoms in total. The van der Waals surface area contributed by atoms with Gasteiger partial charge in [-0.25, -0.2) is 0 Å². The van der Waals surface area contributed by atoms with Crippen LogP contribution in [0.25, 0.3) is 27.4 Å². The maximum absolute atomic E-state index is 5.80. The number of hydrogen-bond donors (Lipinski definition) is 1. The zero-order valence-electron chi connectivity index (χ0n) is 26.3. The predicted molar refractivity (Wildman–Crippen MR) is 185 cm³/mol. The van der Waals surface area contributed by atoms with Crippen molar-refractivity contribution < 1.29 is 23.7 Å². The van der Waals surface area contributed by atoms with Crippen LogP contribution in [0.5, 0.6) is 11.5 Å². The van der Waals surface area contributed by atoms with Gasteiger partial charge in [0.05, 0.1) is 50.6 Å². The number of quaternary nitrogens is 1. The summed E-state index contributed by atoms with van der Waals surface area (Å²) in [6.07, 6.45) is 9.32. The molecule has 0 radical (unpaired) electrons. The molecule has 3 heterocycles. The molecule has 1 aromatic heterocycles. The summed E-state index contributed by atoms with van der Waals surface area (Å²) in [5.74, 6) is 1.79. The summed E-state index contributed by atoms with van der Waals surface area (Å²) in [6.45, 7) is 9.52. The largest absolute Gasteiger partial charge is 0.497 e. The zero-order valence-corrected chi connectivity index (χ0v) is 27.9. The minimum absolute atomic E-state index is 0.736. The van der Waals surface area contributed by atoms with Crippen LogP contribution < -0.4 is 18.9 Å². The van der Waals surface area contributed by atoms with Crippen LogP contribution in [0.15, 0.2) is 94.5 Å². The fraction of sp³-hybridized carbons (Fsp3) is 0.270. The van der Waals surface area contributed by atoms with E-state index in [2.05, 4.69) is 102 Å². The summed E-state index contributed by atoms with van der Waals surface area (Å²) < 4.78 is 20.5. The standard InChI is InChI=1S/C37H38N3O3S2/c1-5-39-31-23-25(41-3)11-15-33(31)44-35(39)17-13-29-27-9-7-8-10-28(27)30(37(29)38-19-21-43-22-20-38)14-18-36-40(6-2)32-24-26(42-4)12-16-34(32)45-36/h7-18,23-24H,5-6,19-22H2,1-4H3/q+1/p+1. The van der Waals surface area contributed by atoms with Crippen LogP contribution in [0.2, 0.25) is 0 Å². The van der Waals surface area contributed by atoms with Crippen molar-refractivity contribution in [1.29, 1.82) is 0 Å². The number of aromatic nitrogens is 1. The van der Waals surface area contributed by atoms with Crippen LogP contribution in [0.1, 0.15) is 30.0 Å². The Bertz CT molecular complexity index is 1880. The molecule has 1 saturated heterocycles. The number of hydrogen-bond acceptors (Lipinski definition) is 6. The smallest absolute Gasteiger partial charge is 0.262 e. The third-order valence-corrected chi connectivity index (χ3v) is 11.1. The molecular formula is C37H39N3O3S2+2. The van der Waals surface area contributed by atoms with E-state index < -0.39 is 0 Å². The van der Waals surface area contributed by atoms with Crippen LogP contribution in [0, 0.1) is 0 Å². The highest BCUT2D eigenvalue weighted by Gasteiger charge is 2.32. The van der Waals surface area contributed by atoms with Crippen molar-refractivity contribution in [3.63, 3.8) is 0 Å². The predicted octanol–water partition coefficient (Wildman–Crippen LogP) is 6.56. The van der Waals surface area contributed by atoms with Gasteiger partial charge in [-0.1, -0.05) is 35.6 Å². The van der Waals surface area contributed by atoms with E-state index in [1.54, 1.807) is 14.2 Å². The summed E-state index contributed by atoms with van der Waals surface area (Å²) in [5, 5.41) is 2.53. The Labute approximate surface area is 273 Å². The fourth-order valence-corrected chi connectivity index (χ4v) is 8.85. The fourth-order valence-electron chi connectivity index (χ4n) is 6.56. The van der Waals surface area contributed by atoms with Gasteiger partial charge in [0.25, 0.3) is 5.01 Å². The van der Waals surface area contributed by atoms with Gasteiger partial charge in [-0.2, -0.15) is 4.57 Å². The molecule has 4 aromatic rings. The molecule has 1 atom stereocenters. The minimum Gasteiger partial charge on any atom is -0.497 e. The molecular weight excluding hydrogens is 599 g/mol. The van der Waals surface area contributed by atoms with E-state index in [1.165, 1.54) is 63.7 Å². The number of rotatable bonds is 8. The molecule has 1 fully saturated rings. The molecule has 45 heavy (non-hydrogen) atoms. The van der Waals surface area contributed by atoms with Crippen molar-refractivity contribution >= 4 is 56.2 Å². The maximum Gasteiger partial charge on any atom is 0.262 e. The Morgan fingerprint density at radius 3 is 2.42 bits per heavy atom. The molecule has 7 rings (SSSR count). The number of fused-ring (bicyclic) bond motifs is 3. The third kappa shape index (κ3) is 5.50. The molecule has 1 N–H and O–H groups in total. The highest BCUT2D eigenvalue weighted by Crippen LogP contribution is 2.45. The first-order chi connectivity index (χ1) is 22.1. The third-order valence-electron chi connectivity index (χ3n) is 8.78. The molecule has 3 aliphatic rings. The molecule has 1 aliphatic carbocycles. The number of thioether (sulfide) groups is 1. The Kier molecular flexibility index (Phi) is 8.55. The van der Waals surface area contributed by atoms with Gasteiger partial charge in [0.15, 0.2) is 10.7 Å². The Balaban J connectivity index is 1.34. The highest BCUT2D eigenvalue weighted by atomic mass is 32.2. The number of morpholine rings is 1. The number of allylic oxidation sites excluding steroid dienone is 5. The van der Waals surface area contributed by atoms with Crippen molar-refractivity contribution in [3.8, 4) is 11.5 Å². The first kappa shape index (κ1) is 29.9. The van der Waals surface area contributed by atoms with Gasteiger partial charge < -0.3 is 19.1 Å². The lowest BCUT2D eigenvalue weighted by Gasteiger charge is -2.31. The average molecular weight is 638 g/mol. The van der Waals surface area contributed by atoms with Gasteiger partial charge in [-0.15, -0.1) is 0 Å². The van der Waals surface area contributed by atoms with Crippen LogP contribution in [-0.4, -0.2) is 52.0 Å². The van der Waals surface area contributed by atoms with Crippen molar-refractivity contribution in [2.75, 3.05) is 47.1 Å². The summed E-state index contributed by atoms with van der Waals surface area (Å²) in [7, 11) is 3.46. The van der Waals surface area contributed by atoms with Crippen molar-refractivity contribution in [2.24, 2.45) is 0 Å². The second-order valence-electron chi connectivity index (χ2n) is 11.2. The van der Waals surface area contributed by atoms with Crippen molar-refractivity contribution in [3.05, 3.63) is 106 Å². The van der Waals surface area contributed by atoms with E-state index in [1.807, 2.05) is 29.2 Å². The van der Waals surface area contributed by atoms with E-state index in [9.17, 15) is 0 Å². The van der Waals surface area contributed by atoms with Crippen LogP contribution in [0.3, 0.4) is 0 Å². The molecule has 0 bridgehead atoms. The normalized spacial score (nSPS) is 19.7. The lowest BCUT2D eigenvalue weighted by molar-refractivity contribution is -0.777. The second-order valence-corrected chi connectivity index (χ2v) is 13.3. The summed E-state index contributed by atoms with van der Waals surface area (Å²) >= 11 is 3.68. The SMILES string of the molecule is CC[n+]1c(/C=C/C2=C(N3CCOCC3)C(=C/C=C3\Sc4ccc(OC)cc4[NH+]3CC)/c3ccccc32)sc2ccc(OC)cc21. The Hall–Kier alpha value is -3.82. The van der Waals surface area contributed by atoms with E-state index in [0.29, 0.717) is 0 Å². The van der Waals surface area contributed by atoms with Crippen molar-refractivity contribution in [1.82, 2.24) is 4.90 Å². The lowest BCUT2D eigenvalue weighted by Crippen LogP contribution is -3.03. The van der Waals surface area contributed by atoms with Gasteiger partial charge in [0, 0.05) is 42.5 Å². The number of methoxy groups -OCH3 is 2. The van der Waals surface area contributed by atoms with Gasteiger partial charge >= 0.3 is 0 Å². The Morgan fingerprint density at radius 1 is 0.911 bits per heavy atom. The monoisotopic (exact) mass is 637 g/mol. The molecule has 0 saturated carbocycles. The number of ether oxygens (including phenoxy) is 3. The molecule has 0 amide bonds. The van der Waals surface area contributed by atoms with Crippen LogP contribution in [0.4, 0.5) is 5.69 Å². The number of benzene rings is 3. The van der Waals surface area contributed by atoms with Crippen LogP contribution in [-0.2, 0) is 11.3 Å².